The maximum Gasteiger partial charge on any atom is 0.235 e. The van der Waals surface area contributed by atoms with Gasteiger partial charge >= 0.3 is 0 Å². The van der Waals surface area contributed by atoms with Crippen molar-refractivity contribution in [3.63, 3.8) is 0 Å². The van der Waals surface area contributed by atoms with Gasteiger partial charge in [0.2, 0.25) is 11.6 Å². The fourth-order valence-corrected chi connectivity index (χ4v) is 2.28. The van der Waals surface area contributed by atoms with E-state index in [1.54, 1.807) is 18.3 Å². The Hall–Kier alpha value is -2.75. The number of benzene rings is 1. The van der Waals surface area contributed by atoms with Crippen molar-refractivity contribution in [2.75, 3.05) is 0 Å². The Morgan fingerprint density at radius 2 is 1.70 bits per heavy atom. The minimum atomic E-state index is -0.510. The maximum atomic E-state index is 12.4. The number of pyridine rings is 1. The zero-order chi connectivity index (χ0) is 14.1. The highest BCUT2D eigenvalue weighted by Crippen LogP contribution is 2.21. The fraction of sp³-hybridized carbons (Fsp3) is 0.0625. The molecule has 4 nitrogen and oxygen atoms in total. The highest BCUT2D eigenvalue weighted by Gasteiger charge is 2.21. The second kappa shape index (κ2) is 4.74. The molecule has 0 fully saturated rings. The molecule has 0 amide bonds. The van der Waals surface area contributed by atoms with Crippen molar-refractivity contribution in [3.8, 4) is 0 Å². The van der Waals surface area contributed by atoms with Crippen LogP contribution in [0.25, 0.3) is 10.9 Å². The molecule has 3 aromatic rings. The average Bonchev–Trinajstić information content (AvgIpc) is 2.84. The van der Waals surface area contributed by atoms with E-state index in [2.05, 4.69) is 4.98 Å². The van der Waals surface area contributed by atoms with Crippen LogP contribution in [0, 0.1) is 0 Å². The lowest BCUT2D eigenvalue weighted by Gasteiger charge is -1.98. The number of aromatic nitrogens is 2. The summed E-state index contributed by atoms with van der Waals surface area (Å²) < 4.78 is 1.85. The number of aryl methyl sites for hydroxylation is 1. The third kappa shape index (κ3) is 1.91. The second-order valence-electron chi connectivity index (χ2n) is 4.56. The molecule has 2 aromatic heterocycles. The summed E-state index contributed by atoms with van der Waals surface area (Å²) in [4.78, 5) is 28.4. The summed E-state index contributed by atoms with van der Waals surface area (Å²) in [5.41, 5.74) is 1.72. The number of hydrogen-bond donors (Lipinski definition) is 0. The van der Waals surface area contributed by atoms with Gasteiger partial charge in [0.15, 0.2) is 0 Å². The van der Waals surface area contributed by atoms with Crippen LogP contribution in [0.5, 0.6) is 0 Å². The van der Waals surface area contributed by atoms with E-state index in [4.69, 9.17) is 0 Å². The molecule has 1 aromatic carbocycles. The van der Waals surface area contributed by atoms with Crippen molar-refractivity contribution in [1.29, 1.82) is 0 Å². The van der Waals surface area contributed by atoms with Gasteiger partial charge in [-0.3, -0.25) is 14.6 Å². The molecule has 0 spiro atoms. The number of rotatable bonds is 3. The van der Waals surface area contributed by atoms with Crippen LogP contribution in [0.3, 0.4) is 0 Å². The summed E-state index contributed by atoms with van der Waals surface area (Å²) in [6.45, 7) is 0. The lowest BCUT2D eigenvalue weighted by atomic mass is 10.0. The Balaban J connectivity index is 2.08. The van der Waals surface area contributed by atoms with Crippen LogP contribution in [0.1, 0.15) is 20.7 Å². The van der Waals surface area contributed by atoms with Crippen LogP contribution in [-0.4, -0.2) is 21.1 Å². The van der Waals surface area contributed by atoms with Gasteiger partial charge in [0.1, 0.15) is 0 Å². The number of carbonyl (C=O) groups is 2. The number of para-hydroxylation sites is 1. The quantitative estimate of drug-likeness (QED) is 0.539. The molecule has 0 aliphatic carbocycles. The van der Waals surface area contributed by atoms with Gasteiger partial charge in [-0.25, -0.2) is 0 Å². The van der Waals surface area contributed by atoms with Crippen molar-refractivity contribution in [1.82, 2.24) is 9.55 Å². The lowest BCUT2D eigenvalue weighted by molar-refractivity contribution is 0.0817. The Labute approximate surface area is 115 Å². The van der Waals surface area contributed by atoms with Crippen molar-refractivity contribution in [2.45, 2.75) is 0 Å². The first kappa shape index (κ1) is 12.3. The predicted octanol–water partition coefficient (Wildman–Crippen LogP) is 2.64. The summed E-state index contributed by atoms with van der Waals surface area (Å²) in [5, 5.41) is 0.794. The topological polar surface area (TPSA) is 52.0 Å². The summed E-state index contributed by atoms with van der Waals surface area (Å²) in [6.07, 6.45) is 4.71. The van der Waals surface area contributed by atoms with Gasteiger partial charge in [0.25, 0.3) is 0 Å². The van der Waals surface area contributed by atoms with Crippen LogP contribution in [0.15, 0.2) is 55.0 Å². The monoisotopic (exact) mass is 264 g/mol. The van der Waals surface area contributed by atoms with E-state index in [0.29, 0.717) is 11.1 Å². The molecule has 0 atom stereocenters. The standard InChI is InChI=1S/C16H12N2O2/c1-18-10-13(12-4-2-3-5-14(12)18)16(20)15(19)11-6-8-17-9-7-11/h2-10H,1H3. The number of hydrogen-bond acceptors (Lipinski definition) is 3. The molecule has 0 bridgehead atoms. The third-order valence-electron chi connectivity index (χ3n) is 3.29. The van der Waals surface area contributed by atoms with Crippen LogP contribution in [0.4, 0.5) is 0 Å². The number of carbonyl (C=O) groups excluding carboxylic acids is 2. The molecule has 2 heterocycles. The Bertz CT molecular complexity index is 804. The van der Waals surface area contributed by atoms with Crippen LogP contribution < -0.4 is 0 Å². The van der Waals surface area contributed by atoms with Gasteiger partial charge < -0.3 is 4.57 Å². The van der Waals surface area contributed by atoms with Gasteiger partial charge in [0.05, 0.1) is 5.56 Å². The molecular formula is C16H12N2O2. The highest BCUT2D eigenvalue weighted by molar-refractivity contribution is 6.50. The molecule has 20 heavy (non-hydrogen) atoms. The number of ketones is 2. The molecular weight excluding hydrogens is 252 g/mol. The van der Waals surface area contributed by atoms with Crippen molar-refractivity contribution in [2.24, 2.45) is 7.05 Å². The molecule has 0 aliphatic heterocycles. The van der Waals surface area contributed by atoms with Gasteiger partial charge in [-0.2, -0.15) is 0 Å². The molecule has 0 N–H and O–H groups in total. The van der Waals surface area contributed by atoms with Crippen LogP contribution in [-0.2, 0) is 7.05 Å². The second-order valence-corrected chi connectivity index (χ2v) is 4.56. The van der Waals surface area contributed by atoms with E-state index in [1.165, 1.54) is 12.4 Å². The fourth-order valence-electron chi connectivity index (χ4n) is 2.28. The normalized spacial score (nSPS) is 10.7. The van der Waals surface area contributed by atoms with Crippen LogP contribution >= 0.6 is 0 Å². The lowest BCUT2D eigenvalue weighted by Crippen LogP contribution is -2.14. The van der Waals surface area contributed by atoms with Crippen molar-refractivity contribution in [3.05, 3.63) is 66.1 Å². The van der Waals surface area contributed by atoms with E-state index in [1.807, 2.05) is 35.9 Å². The third-order valence-corrected chi connectivity index (χ3v) is 3.29. The minimum Gasteiger partial charge on any atom is -0.350 e. The predicted molar refractivity (Wildman–Crippen MR) is 75.8 cm³/mol. The number of Topliss-reactive ketones (excluding diaryl/α,β-unsaturated/α-hetero) is 2. The molecule has 0 saturated carbocycles. The average molecular weight is 264 g/mol. The summed E-state index contributed by atoms with van der Waals surface area (Å²) in [6, 6.07) is 10.6. The van der Waals surface area contributed by atoms with E-state index >= 15 is 0 Å². The molecule has 0 aliphatic rings. The summed E-state index contributed by atoms with van der Waals surface area (Å²) >= 11 is 0. The molecule has 3 rings (SSSR count). The molecule has 4 heteroatoms. The maximum absolute atomic E-state index is 12.4. The number of fused-ring (bicyclic) bond motifs is 1. The first-order valence-corrected chi connectivity index (χ1v) is 6.21. The van der Waals surface area contributed by atoms with Gasteiger partial charge in [-0.15, -0.1) is 0 Å². The first-order valence-electron chi connectivity index (χ1n) is 6.21. The largest absolute Gasteiger partial charge is 0.350 e. The molecule has 0 unspecified atom stereocenters. The van der Waals surface area contributed by atoms with E-state index in [-0.39, 0.29) is 0 Å². The highest BCUT2D eigenvalue weighted by atomic mass is 16.2. The van der Waals surface area contributed by atoms with Gasteiger partial charge in [-0.05, 0) is 18.2 Å². The molecule has 98 valence electrons. The zero-order valence-electron chi connectivity index (χ0n) is 10.9. The SMILES string of the molecule is Cn1cc(C(=O)C(=O)c2ccncc2)c2ccccc21. The van der Waals surface area contributed by atoms with E-state index in [9.17, 15) is 9.59 Å². The summed E-state index contributed by atoms with van der Waals surface area (Å²) in [5.74, 6) is -1.00. The van der Waals surface area contributed by atoms with Crippen molar-refractivity contribution < 1.29 is 9.59 Å². The van der Waals surface area contributed by atoms with Gasteiger partial charge in [0, 0.05) is 42.1 Å². The molecule has 0 saturated heterocycles. The number of nitrogens with zero attached hydrogens (tertiary/aromatic N) is 2. The Kier molecular flexibility index (Phi) is 2.91. The Morgan fingerprint density at radius 3 is 2.45 bits per heavy atom. The van der Waals surface area contributed by atoms with Crippen molar-refractivity contribution >= 4 is 22.5 Å². The Morgan fingerprint density at radius 1 is 1.00 bits per heavy atom. The van der Waals surface area contributed by atoms with Crippen LogP contribution in [0.2, 0.25) is 0 Å². The molecule has 0 radical (unpaired) electrons. The first-order chi connectivity index (χ1) is 9.68. The van der Waals surface area contributed by atoms with E-state index < -0.39 is 11.6 Å². The van der Waals surface area contributed by atoms with E-state index in [0.717, 1.165) is 10.9 Å². The van der Waals surface area contributed by atoms with Gasteiger partial charge in [-0.1, -0.05) is 18.2 Å². The summed E-state index contributed by atoms with van der Waals surface area (Å²) in [7, 11) is 1.86. The smallest absolute Gasteiger partial charge is 0.235 e. The minimum absolute atomic E-state index is 0.359. The zero-order valence-corrected chi connectivity index (χ0v) is 10.9.